The second-order valence-electron chi connectivity index (χ2n) is 14.9. The lowest BCUT2D eigenvalue weighted by Crippen LogP contribution is -2.58. The second kappa shape index (κ2) is 7.09. The summed E-state index contributed by atoms with van der Waals surface area (Å²) in [4.78, 5) is 0. The molecule has 0 amide bonds. The van der Waals surface area contributed by atoms with Gasteiger partial charge >= 0.3 is 0 Å². The first-order valence-electron chi connectivity index (χ1n) is 13.8. The van der Waals surface area contributed by atoms with Gasteiger partial charge in [0.15, 0.2) is 0 Å². The fourth-order valence-corrected chi connectivity index (χ4v) is 10.9. The summed E-state index contributed by atoms with van der Waals surface area (Å²) >= 11 is 0. The van der Waals surface area contributed by atoms with Crippen LogP contribution in [0, 0.1) is 50.7 Å². The van der Waals surface area contributed by atoms with Crippen LogP contribution >= 0.6 is 0 Å². The number of hydrogen-bond acceptors (Lipinski definition) is 2. The molecule has 0 aromatic heterocycles. The molecule has 9 atom stereocenters. The Labute approximate surface area is 197 Å². The number of allylic oxidation sites excluding steroid dienone is 2. The fourth-order valence-electron chi connectivity index (χ4n) is 10.9. The van der Waals surface area contributed by atoms with Crippen molar-refractivity contribution in [3.63, 3.8) is 0 Å². The highest BCUT2D eigenvalue weighted by Gasteiger charge is 2.63. The SMILES string of the molecule is CC1(C)[C@H]2CC[C@@]3(C)CC4=CC[C@H]5C(C)(C)[C@@H](O)CC[C@@]5(C)[C@@H]4CC[C@@H]3[C@@]2(C)CC[C@@H]1O. The van der Waals surface area contributed by atoms with Crippen LogP contribution in [-0.2, 0) is 0 Å². The van der Waals surface area contributed by atoms with E-state index in [1.54, 1.807) is 5.57 Å². The molecule has 4 saturated carbocycles. The summed E-state index contributed by atoms with van der Waals surface area (Å²) in [7, 11) is 0. The number of aliphatic hydroxyl groups is 2. The molecule has 4 fully saturated rings. The molecule has 2 N–H and O–H groups in total. The van der Waals surface area contributed by atoms with Crippen molar-refractivity contribution in [2.75, 3.05) is 0 Å². The molecule has 0 aromatic carbocycles. The molecule has 0 aromatic rings. The molecule has 0 aliphatic heterocycles. The van der Waals surface area contributed by atoms with Gasteiger partial charge in [-0.3, -0.25) is 0 Å². The second-order valence-corrected chi connectivity index (χ2v) is 14.9. The van der Waals surface area contributed by atoms with Crippen LogP contribution in [0.15, 0.2) is 11.6 Å². The van der Waals surface area contributed by atoms with Gasteiger partial charge in [-0.25, -0.2) is 0 Å². The Kier molecular flexibility index (Phi) is 5.19. The van der Waals surface area contributed by atoms with E-state index in [1.165, 1.54) is 44.9 Å². The van der Waals surface area contributed by atoms with Gasteiger partial charge in [0.1, 0.15) is 0 Å². The Bertz CT molecular complexity index is 795. The van der Waals surface area contributed by atoms with Crippen LogP contribution in [0.5, 0.6) is 0 Å². The summed E-state index contributed by atoms with van der Waals surface area (Å²) in [6.45, 7) is 17.2. The topological polar surface area (TPSA) is 40.5 Å². The number of fused-ring (bicyclic) bond motifs is 6. The van der Waals surface area contributed by atoms with Crippen LogP contribution in [0.2, 0.25) is 0 Å². The molecule has 0 radical (unpaired) electrons. The minimum atomic E-state index is -0.156. The lowest BCUT2D eigenvalue weighted by atomic mass is 9.42. The highest BCUT2D eigenvalue weighted by Crippen LogP contribution is 2.70. The molecule has 0 spiro atoms. The summed E-state index contributed by atoms with van der Waals surface area (Å²) in [6.07, 6.45) is 14.4. The van der Waals surface area contributed by atoms with E-state index in [-0.39, 0.29) is 23.0 Å². The monoisotopic (exact) mass is 442 g/mol. The molecule has 0 bridgehead atoms. The number of rotatable bonds is 0. The Morgan fingerprint density at radius 1 is 0.656 bits per heavy atom. The third kappa shape index (κ3) is 2.96. The van der Waals surface area contributed by atoms with Gasteiger partial charge in [-0.15, -0.1) is 0 Å². The van der Waals surface area contributed by atoms with Gasteiger partial charge in [-0.05, 0) is 115 Å². The summed E-state index contributed by atoms with van der Waals surface area (Å²) in [5.74, 6) is 2.68. The lowest BCUT2D eigenvalue weighted by molar-refractivity contribution is -0.170. The Morgan fingerprint density at radius 3 is 1.91 bits per heavy atom. The average Bonchev–Trinajstić information content (AvgIpc) is 2.86. The molecular weight excluding hydrogens is 392 g/mol. The van der Waals surface area contributed by atoms with Gasteiger partial charge in [-0.2, -0.15) is 0 Å². The van der Waals surface area contributed by atoms with Crippen molar-refractivity contribution in [1.29, 1.82) is 0 Å². The van der Waals surface area contributed by atoms with E-state index >= 15 is 0 Å². The maximum absolute atomic E-state index is 10.9. The summed E-state index contributed by atoms with van der Waals surface area (Å²) < 4.78 is 0. The van der Waals surface area contributed by atoms with Crippen LogP contribution in [-0.4, -0.2) is 22.4 Å². The van der Waals surface area contributed by atoms with Gasteiger partial charge < -0.3 is 10.2 Å². The Hall–Kier alpha value is -0.340. The molecule has 0 heterocycles. The first kappa shape index (κ1) is 23.4. The van der Waals surface area contributed by atoms with Crippen LogP contribution in [0.3, 0.4) is 0 Å². The van der Waals surface area contributed by atoms with Crippen LogP contribution in [0.4, 0.5) is 0 Å². The quantitative estimate of drug-likeness (QED) is 0.391. The van der Waals surface area contributed by atoms with Crippen LogP contribution < -0.4 is 0 Å². The maximum Gasteiger partial charge on any atom is 0.0594 e. The zero-order valence-corrected chi connectivity index (χ0v) is 22.0. The van der Waals surface area contributed by atoms with E-state index in [1.807, 2.05) is 0 Å². The van der Waals surface area contributed by atoms with E-state index in [2.05, 4.69) is 54.5 Å². The molecule has 2 heteroatoms. The van der Waals surface area contributed by atoms with Crippen molar-refractivity contribution in [2.45, 2.75) is 125 Å². The van der Waals surface area contributed by atoms with E-state index in [0.717, 1.165) is 25.2 Å². The van der Waals surface area contributed by atoms with Crippen molar-refractivity contribution in [1.82, 2.24) is 0 Å². The summed E-state index contributed by atoms with van der Waals surface area (Å²) in [6, 6.07) is 0. The standard InChI is InChI=1S/C30H50O2/c1-26(2)21-10-8-19-18-28(5)15-12-22-27(3,4)25(32)14-17-30(22,7)23(28)11-9-20(19)29(21,6)16-13-24(26)31/h8,20-25,31-32H,9-18H2,1-7H3/t20-,21+,22-,23+,24+,25+,28+,29+,30+/m1/s1. The molecular formula is C30H50O2. The molecule has 182 valence electrons. The minimum absolute atomic E-state index is 0.0125. The maximum atomic E-state index is 10.9. The fraction of sp³-hybridized carbons (Fsp3) is 0.933. The predicted molar refractivity (Wildman–Crippen MR) is 132 cm³/mol. The highest BCUT2D eigenvalue weighted by atomic mass is 16.3. The largest absolute Gasteiger partial charge is 0.393 e. The lowest BCUT2D eigenvalue weighted by Gasteiger charge is -2.63. The predicted octanol–water partition coefficient (Wildman–Crippen LogP) is 7.14. The average molecular weight is 443 g/mol. The first-order valence-corrected chi connectivity index (χ1v) is 13.8. The number of hydrogen-bond donors (Lipinski definition) is 2. The van der Waals surface area contributed by atoms with Crippen LogP contribution in [0.1, 0.15) is 113 Å². The number of aliphatic hydroxyl groups excluding tert-OH is 2. The molecule has 5 aliphatic carbocycles. The Morgan fingerprint density at radius 2 is 1.25 bits per heavy atom. The zero-order chi connectivity index (χ0) is 23.3. The van der Waals surface area contributed by atoms with Gasteiger partial charge in [-0.1, -0.05) is 60.1 Å². The van der Waals surface area contributed by atoms with Crippen molar-refractivity contribution in [2.24, 2.45) is 50.7 Å². The molecule has 5 rings (SSSR count). The normalized spacial score (nSPS) is 54.2. The van der Waals surface area contributed by atoms with E-state index in [0.29, 0.717) is 34.0 Å². The van der Waals surface area contributed by atoms with Gasteiger partial charge in [0.2, 0.25) is 0 Å². The van der Waals surface area contributed by atoms with Crippen molar-refractivity contribution in [3.8, 4) is 0 Å². The molecule has 0 saturated heterocycles. The summed E-state index contributed by atoms with van der Waals surface area (Å²) in [5, 5.41) is 21.7. The van der Waals surface area contributed by atoms with Gasteiger partial charge in [0, 0.05) is 0 Å². The van der Waals surface area contributed by atoms with Crippen LogP contribution in [0.25, 0.3) is 0 Å². The van der Waals surface area contributed by atoms with Crippen molar-refractivity contribution < 1.29 is 10.2 Å². The van der Waals surface area contributed by atoms with Gasteiger partial charge in [0.25, 0.3) is 0 Å². The van der Waals surface area contributed by atoms with E-state index in [9.17, 15) is 10.2 Å². The Balaban J connectivity index is 1.50. The third-order valence-electron chi connectivity index (χ3n) is 12.9. The van der Waals surface area contributed by atoms with E-state index < -0.39 is 0 Å². The molecule has 0 unspecified atom stereocenters. The molecule has 2 nitrogen and oxygen atoms in total. The minimum Gasteiger partial charge on any atom is -0.393 e. The highest BCUT2D eigenvalue weighted by molar-refractivity contribution is 5.25. The zero-order valence-electron chi connectivity index (χ0n) is 22.0. The smallest absolute Gasteiger partial charge is 0.0594 e. The van der Waals surface area contributed by atoms with Gasteiger partial charge in [0.05, 0.1) is 12.2 Å². The third-order valence-corrected chi connectivity index (χ3v) is 12.9. The first-order chi connectivity index (χ1) is 14.8. The van der Waals surface area contributed by atoms with E-state index in [4.69, 9.17) is 0 Å². The van der Waals surface area contributed by atoms with Crippen molar-refractivity contribution in [3.05, 3.63) is 11.6 Å². The van der Waals surface area contributed by atoms with Crippen molar-refractivity contribution >= 4 is 0 Å². The molecule has 5 aliphatic rings. The summed E-state index contributed by atoms with van der Waals surface area (Å²) in [5.41, 5.74) is 2.91. The molecule has 32 heavy (non-hydrogen) atoms.